The van der Waals surface area contributed by atoms with E-state index in [1.807, 2.05) is 12.1 Å². The van der Waals surface area contributed by atoms with Gasteiger partial charge in [0.25, 0.3) is 0 Å². The van der Waals surface area contributed by atoms with E-state index in [-0.39, 0.29) is 0 Å². The zero-order chi connectivity index (χ0) is 13.0. The lowest BCUT2D eigenvalue weighted by Gasteiger charge is -2.04. The second-order valence-corrected chi connectivity index (χ2v) is 4.65. The summed E-state index contributed by atoms with van der Waals surface area (Å²) in [5, 5.41) is 22.3. The lowest BCUT2D eigenvalue weighted by atomic mass is 10.2. The molecule has 1 aromatic heterocycles. The highest BCUT2D eigenvalue weighted by atomic mass is 32.1. The van der Waals surface area contributed by atoms with Gasteiger partial charge in [-0.25, -0.2) is 4.79 Å². The van der Waals surface area contributed by atoms with Crippen LogP contribution in [0.25, 0.3) is 0 Å². The number of nitriles is 1. The van der Waals surface area contributed by atoms with Gasteiger partial charge < -0.3 is 10.4 Å². The summed E-state index contributed by atoms with van der Waals surface area (Å²) in [7, 11) is 0. The van der Waals surface area contributed by atoms with Crippen LogP contribution in [0.4, 0.5) is 5.69 Å². The maximum atomic E-state index is 10.7. The van der Waals surface area contributed by atoms with Gasteiger partial charge in [0.15, 0.2) is 0 Å². The fraction of sp³-hybridized carbons (Fsp3) is 0.0769. The Bertz CT molecular complexity index is 596. The molecule has 1 heterocycles. The molecule has 0 aliphatic carbocycles. The molecule has 0 amide bonds. The number of thiophene rings is 1. The third-order valence-electron chi connectivity index (χ3n) is 2.38. The number of hydrogen-bond acceptors (Lipinski definition) is 4. The van der Waals surface area contributed by atoms with Crippen molar-refractivity contribution in [2.75, 3.05) is 5.32 Å². The number of carbonyl (C=O) groups is 1. The SMILES string of the molecule is N#Cc1ccc(NCc2cc(C(=O)O)cs2)cc1. The number of carboxylic acids is 1. The highest BCUT2D eigenvalue weighted by molar-refractivity contribution is 7.10. The van der Waals surface area contributed by atoms with Crippen LogP contribution in [0.3, 0.4) is 0 Å². The van der Waals surface area contributed by atoms with Crippen molar-refractivity contribution in [3.8, 4) is 6.07 Å². The lowest BCUT2D eigenvalue weighted by Crippen LogP contribution is -1.98. The molecule has 4 nitrogen and oxygen atoms in total. The summed E-state index contributed by atoms with van der Waals surface area (Å²) in [5.41, 5.74) is 1.83. The quantitative estimate of drug-likeness (QED) is 0.884. The summed E-state index contributed by atoms with van der Waals surface area (Å²) in [6.07, 6.45) is 0. The molecule has 90 valence electrons. The van der Waals surface area contributed by atoms with Crippen LogP contribution in [0.5, 0.6) is 0 Å². The molecule has 0 aliphatic rings. The number of carboxylic acid groups (broad SMARTS) is 1. The van der Waals surface area contributed by atoms with Gasteiger partial charge in [-0.2, -0.15) is 5.26 Å². The molecule has 0 radical (unpaired) electrons. The Kier molecular flexibility index (Phi) is 3.60. The number of hydrogen-bond donors (Lipinski definition) is 2. The molecule has 0 fully saturated rings. The van der Waals surface area contributed by atoms with E-state index in [0.29, 0.717) is 17.7 Å². The van der Waals surface area contributed by atoms with Crippen molar-refractivity contribution in [3.63, 3.8) is 0 Å². The number of rotatable bonds is 4. The van der Waals surface area contributed by atoms with Crippen molar-refractivity contribution in [2.24, 2.45) is 0 Å². The summed E-state index contributed by atoms with van der Waals surface area (Å²) in [5.74, 6) is -0.907. The van der Waals surface area contributed by atoms with Gasteiger partial charge >= 0.3 is 5.97 Å². The van der Waals surface area contributed by atoms with Crippen LogP contribution in [0, 0.1) is 11.3 Å². The first-order valence-electron chi connectivity index (χ1n) is 5.24. The van der Waals surface area contributed by atoms with Gasteiger partial charge in [0, 0.05) is 22.5 Å². The minimum Gasteiger partial charge on any atom is -0.478 e. The van der Waals surface area contributed by atoms with Crippen LogP contribution >= 0.6 is 11.3 Å². The van der Waals surface area contributed by atoms with Crippen molar-refractivity contribution in [1.82, 2.24) is 0 Å². The summed E-state index contributed by atoms with van der Waals surface area (Å²) in [4.78, 5) is 11.7. The van der Waals surface area contributed by atoms with Crippen LogP contribution in [0.1, 0.15) is 20.8 Å². The molecular weight excluding hydrogens is 248 g/mol. The largest absolute Gasteiger partial charge is 0.478 e. The molecule has 0 unspecified atom stereocenters. The minimum absolute atomic E-state index is 0.316. The molecule has 0 saturated carbocycles. The Hall–Kier alpha value is -2.32. The first kappa shape index (κ1) is 12.1. The first-order chi connectivity index (χ1) is 8.69. The van der Waals surface area contributed by atoms with E-state index in [9.17, 15) is 4.79 Å². The van der Waals surface area contributed by atoms with Crippen LogP contribution in [0.2, 0.25) is 0 Å². The molecule has 2 N–H and O–H groups in total. The molecule has 0 atom stereocenters. The van der Waals surface area contributed by atoms with Crippen molar-refractivity contribution < 1.29 is 9.90 Å². The molecule has 5 heteroatoms. The monoisotopic (exact) mass is 258 g/mol. The van der Waals surface area contributed by atoms with Crippen molar-refractivity contribution in [3.05, 3.63) is 51.7 Å². The molecule has 0 spiro atoms. The highest BCUT2D eigenvalue weighted by Crippen LogP contribution is 2.17. The summed E-state index contributed by atoms with van der Waals surface area (Å²) in [6.45, 7) is 0.573. The van der Waals surface area contributed by atoms with E-state index in [1.165, 1.54) is 11.3 Å². The Labute approximate surface area is 108 Å². The van der Waals surface area contributed by atoms with Crippen molar-refractivity contribution in [2.45, 2.75) is 6.54 Å². The molecule has 2 rings (SSSR count). The fourth-order valence-corrected chi connectivity index (χ4v) is 2.23. The van der Waals surface area contributed by atoms with Gasteiger partial charge in [0.2, 0.25) is 0 Å². The van der Waals surface area contributed by atoms with Gasteiger partial charge in [0.05, 0.1) is 17.2 Å². The second-order valence-electron chi connectivity index (χ2n) is 3.65. The third kappa shape index (κ3) is 2.87. The Balaban J connectivity index is 1.98. The molecule has 0 saturated heterocycles. The molecule has 0 aliphatic heterocycles. The molecular formula is C13H10N2O2S. The average Bonchev–Trinajstić information content (AvgIpc) is 2.86. The average molecular weight is 258 g/mol. The third-order valence-corrected chi connectivity index (χ3v) is 3.32. The standard InChI is InChI=1S/C13H10N2O2S/c14-6-9-1-3-11(4-2-9)15-7-12-5-10(8-18-12)13(16)17/h1-5,8,15H,7H2,(H,16,17). The topological polar surface area (TPSA) is 73.1 Å². The highest BCUT2D eigenvalue weighted by Gasteiger charge is 2.05. The normalized spacial score (nSPS) is 9.72. The summed E-state index contributed by atoms with van der Waals surface area (Å²) < 4.78 is 0. The van der Waals surface area contributed by atoms with E-state index in [4.69, 9.17) is 10.4 Å². The van der Waals surface area contributed by atoms with Crippen LogP contribution in [-0.2, 0) is 6.54 Å². The predicted octanol–water partition coefficient (Wildman–Crippen LogP) is 2.93. The Morgan fingerprint density at radius 3 is 2.67 bits per heavy atom. The molecule has 18 heavy (non-hydrogen) atoms. The van der Waals surface area contributed by atoms with E-state index in [2.05, 4.69) is 11.4 Å². The zero-order valence-corrected chi connectivity index (χ0v) is 10.2. The molecule has 2 aromatic rings. The van der Waals surface area contributed by atoms with E-state index in [0.717, 1.165) is 10.6 Å². The smallest absolute Gasteiger partial charge is 0.336 e. The Morgan fingerprint density at radius 1 is 1.39 bits per heavy atom. The van der Waals surface area contributed by atoms with Crippen LogP contribution < -0.4 is 5.32 Å². The van der Waals surface area contributed by atoms with Gasteiger partial charge in [0.1, 0.15) is 0 Å². The lowest BCUT2D eigenvalue weighted by molar-refractivity contribution is 0.0697. The van der Waals surface area contributed by atoms with Gasteiger partial charge in [-0.1, -0.05) is 0 Å². The van der Waals surface area contributed by atoms with Gasteiger partial charge in [-0.05, 0) is 30.3 Å². The predicted molar refractivity (Wildman–Crippen MR) is 69.8 cm³/mol. The maximum Gasteiger partial charge on any atom is 0.336 e. The van der Waals surface area contributed by atoms with E-state index in [1.54, 1.807) is 23.6 Å². The number of benzene rings is 1. The first-order valence-corrected chi connectivity index (χ1v) is 6.12. The van der Waals surface area contributed by atoms with Gasteiger partial charge in [-0.15, -0.1) is 11.3 Å². The van der Waals surface area contributed by atoms with Crippen molar-refractivity contribution in [1.29, 1.82) is 5.26 Å². The summed E-state index contributed by atoms with van der Waals surface area (Å²) >= 11 is 1.41. The Morgan fingerprint density at radius 2 is 2.11 bits per heavy atom. The maximum absolute atomic E-state index is 10.7. The van der Waals surface area contributed by atoms with Gasteiger partial charge in [-0.3, -0.25) is 0 Å². The second kappa shape index (κ2) is 5.34. The van der Waals surface area contributed by atoms with Crippen LogP contribution in [0.15, 0.2) is 35.7 Å². The van der Waals surface area contributed by atoms with Crippen LogP contribution in [-0.4, -0.2) is 11.1 Å². The fourth-order valence-electron chi connectivity index (χ4n) is 1.44. The zero-order valence-electron chi connectivity index (χ0n) is 9.38. The number of nitrogens with one attached hydrogen (secondary N) is 1. The minimum atomic E-state index is -0.907. The van der Waals surface area contributed by atoms with E-state index < -0.39 is 5.97 Å². The van der Waals surface area contributed by atoms with E-state index >= 15 is 0 Å². The number of anilines is 1. The number of nitrogens with zero attached hydrogens (tertiary/aromatic N) is 1. The molecule has 0 bridgehead atoms. The van der Waals surface area contributed by atoms with Crippen molar-refractivity contribution >= 4 is 23.0 Å². The summed E-state index contributed by atoms with van der Waals surface area (Å²) in [6, 6.07) is 10.8. The molecule has 1 aromatic carbocycles. The number of aromatic carboxylic acids is 1.